The fourth-order valence-corrected chi connectivity index (χ4v) is 4.92. The molecule has 3 aliphatic carbocycles. The Morgan fingerprint density at radius 1 is 1.19 bits per heavy atom. The Balaban J connectivity index is 2.03. The lowest BCUT2D eigenvalue weighted by Gasteiger charge is -2.77. The van der Waals surface area contributed by atoms with E-state index in [0.29, 0.717) is 18.1 Å². The molecule has 16 heavy (non-hydrogen) atoms. The fraction of sp³-hybridized carbons (Fsp3) is 0.929. The number of hydrogen-bond acceptors (Lipinski definition) is 2. The fourth-order valence-electron chi connectivity index (χ4n) is 4.92. The van der Waals surface area contributed by atoms with Gasteiger partial charge in [0, 0.05) is 23.7 Å². The Morgan fingerprint density at radius 2 is 1.81 bits per heavy atom. The number of aliphatic hydroxyl groups is 1. The van der Waals surface area contributed by atoms with Crippen molar-refractivity contribution in [3.8, 4) is 0 Å². The number of carbonyl (C=O) groups excluding carboxylic acids is 1. The Hall–Kier alpha value is -0.370. The van der Waals surface area contributed by atoms with Gasteiger partial charge in [-0.15, -0.1) is 0 Å². The van der Waals surface area contributed by atoms with E-state index >= 15 is 0 Å². The standard InChI is InChI=1S/C14H22O2/c1-8-5-6-9-13(4)10(7-11(13)15)14(9,16)12(8,2)3/h8-10,16H,5-7H2,1-4H3. The maximum Gasteiger partial charge on any atom is 0.139 e. The van der Waals surface area contributed by atoms with Gasteiger partial charge in [-0.05, 0) is 24.2 Å². The van der Waals surface area contributed by atoms with Crippen LogP contribution in [0.2, 0.25) is 0 Å². The van der Waals surface area contributed by atoms with Crippen LogP contribution in [0.25, 0.3) is 0 Å². The lowest BCUT2D eigenvalue weighted by Crippen LogP contribution is -2.83. The Morgan fingerprint density at radius 3 is 2.38 bits per heavy atom. The predicted octanol–water partition coefficient (Wildman–Crippen LogP) is 2.40. The van der Waals surface area contributed by atoms with E-state index in [0.717, 1.165) is 12.8 Å². The second-order valence-corrected chi connectivity index (χ2v) is 7.04. The highest BCUT2D eigenvalue weighted by Gasteiger charge is 2.81. The van der Waals surface area contributed by atoms with E-state index < -0.39 is 5.60 Å². The molecule has 0 aromatic carbocycles. The van der Waals surface area contributed by atoms with Gasteiger partial charge in [0.2, 0.25) is 0 Å². The van der Waals surface area contributed by atoms with Crippen LogP contribution in [0.1, 0.15) is 47.0 Å². The minimum atomic E-state index is -0.576. The number of ketones is 1. The summed E-state index contributed by atoms with van der Waals surface area (Å²) in [5.74, 6) is 1.39. The first kappa shape index (κ1) is 10.8. The van der Waals surface area contributed by atoms with E-state index in [2.05, 4.69) is 27.7 Å². The zero-order chi connectivity index (χ0) is 11.9. The zero-order valence-corrected chi connectivity index (χ0v) is 10.7. The molecule has 3 aliphatic rings. The molecule has 5 unspecified atom stereocenters. The molecule has 3 saturated carbocycles. The van der Waals surface area contributed by atoms with Gasteiger partial charge in [0.15, 0.2) is 0 Å². The molecule has 0 saturated heterocycles. The Bertz CT molecular complexity index is 373. The summed E-state index contributed by atoms with van der Waals surface area (Å²) < 4.78 is 0. The topological polar surface area (TPSA) is 37.3 Å². The number of fused-ring (bicyclic) bond motifs is 4. The minimum absolute atomic E-state index is 0.0409. The molecule has 2 heteroatoms. The van der Waals surface area contributed by atoms with Gasteiger partial charge in [-0.1, -0.05) is 27.7 Å². The second-order valence-electron chi connectivity index (χ2n) is 7.04. The van der Waals surface area contributed by atoms with Crippen molar-refractivity contribution in [2.75, 3.05) is 0 Å². The molecule has 0 radical (unpaired) electrons. The van der Waals surface area contributed by atoms with Crippen molar-refractivity contribution in [2.24, 2.45) is 28.6 Å². The van der Waals surface area contributed by atoms with Crippen molar-refractivity contribution in [1.82, 2.24) is 0 Å². The molecule has 0 spiro atoms. The molecule has 0 amide bonds. The van der Waals surface area contributed by atoms with Crippen molar-refractivity contribution < 1.29 is 9.90 Å². The quantitative estimate of drug-likeness (QED) is 0.683. The highest BCUT2D eigenvalue weighted by atomic mass is 16.3. The van der Waals surface area contributed by atoms with Gasteiger partial charge in [-0.3, -0.25) is 4.79 Å². The molecule has 3 rings (SSSR count). The number of rotatable bonds is 0. The summed E-state index contributed by atoms with van der Waals surface area (Å²) in [7, 11) is 0. The van der Waals surface area contributed by atoms with Gasteiger partial charge in [-0.2, -0.15) is 0 Å². The van der Waals surface area contributed by atoms with Crippen LogP contribution in [0.4, 0.5) is 0 Å². The van der Waals surface area contributed by atoms with Gasteiger partial charge in [0.05, 0.1) is 5.60 Å². The molecule has 0 heterocycles. The summed E-state index contributed by atoms with van der Waals surface area (Å²) in [5, 5.41) is 11.0. The summed E-state index contributed by atoms with van der Waals surface area (Å²) in [4.78, 5) is 11.8. The van der Waals surface area contributed by atoms with Crippen molar-refractivity contribution in [2.45, 2.75) is 52.6 Å². The van der Waals surface area contributed by atoms with Crippen molar-refractivity contribution >= 4 is 5.78 Å². The maximum atomic E-state index is 11.8. The van der Waals surface area contributed by atoms with Crippen LogP contribution in [-0.4, -0.2) is 16.5 Å². The van der Waals surface area contributed by atoms with Crippen molar-refractivity contribution in [3.63, 3.8) is 0 Å². The van der Waals surface area contributed by atoms with E-state index in [1.807, 2.05) is 0 Å². The van der Waals surface area contributed by atoms with Crippen LogP contribution >= 0.6 is 0 Å². The number of Topliss-reactive ketones (excluding diaryl/α,β-unsaturated/α-hetero) is 1. The largest absolute Gasteiger partial charge is 0.389 e. The molecule has 2 nitrogen and oxygen atoms in total. The Kier molecular flexibility index (Phi) is 1.72. The van der Waals surface area contributed by atoms with Gasteiger partial charge in [0.25, 0.3) is 0 Å². The first-order valence-electron chi connectivity index (χ1n) is 6.53. The van der Waals surface area contributed by atoms with E-state index in [-0.39, 0.29) is 22.7 Å². The molecule has 0 aliphatic heterocycles. The van der Waals surface area contributed by atoms with Crippen LogP contribution in [0, 0.1) is 28.6 Å². The normalized spacial score (nSPS) is 58.1. The average molecular weight is 222 g/mol. The molecule has 0 bridgehead atoms. The van der Waals surface area contributed by atoms with Crippen LogP contribution in [0.5, 0.6) is 0 Å². The van der Waals surface area contributed by atoms with Crippen molar-refractivity contribution in [3.05, 3.63) is 0 Å². The molecule has 0 aromatic rings. The van der Waals surface area contributed by atoms with Gasteiger partial charge in [-0.25, -0.2) is 0 Å². The molecular weight excluding hydrogens is 200 g/mol. The van der Waals surface area contributed by atoms with Crippen LogP contribution in [0.15, 0.2) is 0 Å². The lowest BCUT2D eigenvalue weighted by molar-refractivity contribution is -0.335. The summed E-state index contributed by atoms with van der Waals surface area (Å²) in [6, 6.07) is 0. The highest BCUT2D eigenvalue weighted by Crippen LogP contribution is 2.75. The van der Waals surface area contributed by atoms with Crippen molar-refractivity contribution in [1.29, 1.82) is 0 Å². The third-order valence-corrected chi connectivity index (χ3v) is 6.65. The molecular formula is C14H22O2. The summed E-state index contributed by atoms with van der Waals surface area (Å²) >= 11 is 0. The smallest absolute Gasteiger partial charge is 0.139 e. The average Bonchev–Trinajstić information content (AvgIpc) is 2.22. The number of hydrogen-bond donors (Lipinski definition) is 1. The highest BCUT2D eigenvalue weighted by molar-refractivity contribution is 5.94. The second kappa shape index (κ2) is 2.55. The first-order chi connectivity index (χ1) is 7.27. The monoisotopic (exact) mass is 222 g/mol. The summed E-state index contributed by atoms with van der Waals surface area (Å²) in [5.41, 5.74) is -0.791. The Labute approximate surface area is 97.4 Å². The third kappa shape index (κ3) is 0.756. The third-order valence-electron chi connectivity index (χ3n) is 6.65. The van der Waals surface area contributed by atoms with E-state index in [1.54, 1.807) is 0 Å². The SMILES string of the molecule is CC1CCC2C3(C)C(=O)CC3C2(O)C1(C)C. The molecule has 5 atom stereocenters. The first-order valence-corrected chi connectivity index (χ1v) is 6.53. The van der Waals surface area contributed by atoms with Crippen LogP contribution in [-0.2, 0) is 4.79 Å². The van der Waals surface area contributed by atoms with Gasteiger partial charge >= 0.3 is 0 Å². The van der Waals surface area contributed by atoms with Crippen LogP contribution < -0.4 is 0 Å². The van der Waals surface area contributed by atoms with Crippen LogP contribution in [0.3, 0.4) is 0 Å². The van der Waals surface area contributed by atoms with Gasteiger partial charge < -0.3 is 5.11 Å². The van der Waals surface area contributed by atoms with Gasteiger partial charge in [0.1, 0.15) is 5.78 Å². The molecule has 90 valence electrons. The molecule has 1 N–H and O–H groups in total. The van der Waals surface area contributed by atoms with E-state index in [9.17, 15) is 9.90 Å². The molecule has 0 aromatic heterocycles. The van der Waals surface area contributed by atoms with E-state index in [1.165, 1.54) is 0 Å². The van der Waals surface area contributed by atoms with E-state index in [4.69, 9.17) is 0 Å². The summed E-state index contributed by atoms with van der Waals surface area (Å²) in [6.45, 7) is 8.69. The number of carbonyl (C=O) groups is 1. The minimum Gasteiger partial charge on any atom is -0.389 e. The lowest BCUT2D eigenvalue weighted by atomic mass is 9.28. The zero-order valence-electron chi connectivity index (χ0n) is 10.7. The summed E-state index contributed by atoms with van der Waals surface area (Å²) in [6.07, 6.45) is 2.79. The predicted molar refractivity (Wildman–Crippen MR) is 61.8 cm³/mol. The molecule has 3 fully saturated rings. The maximum absolute atomic E-state index is 11.8.